The van der Waals surface area contributed by atoms with Gasteiger partial charge in [0, 0.05) is 13.0 Å². The van der Waals surface area contributed by atoms with Crippen LogP contribution in [0.15, 0.2) is 11.6 Å². The quantitative estimate of drug-likeness (QED) is 0.798. The molecule has 3 fully saturated rings. The lowest BCUT2D eigenvalue weighted by molar-refractivity contribution is -0.172. The van der Waals surface area contributed by atoms with E-state index in [1.165, 1.54) is 24.8 Å². The van der Waals surface area contributed by atoms with Crippen LogP contribution in [0.1, 0.15) is 52.4 Å². The van der Waals surface area contributed by atoms with E-state index in [2.05, 4.69) is 13.8 Å². The molecule has 0 radical (unpaired) electrons. The van der Waals surface area contributed by atoms with Gasteiger partial charge in [0.2, 0.25) is 0 Å². The predicted molar refractivity (Wildman–Crippen MR) is 79.7 cm³/mol. The normalized spacial score (nSPS) is 48.6. The Kier molecular flexibility index (Phi) is 3.10. The van der Waals surface area contributed by atoms with Gasteiger partial charge in [-0.2, -0.15) is 0 Å². The van der Waals surface area contributed by atoms with E-state index >= 15 is 0 Å². The molecule has 4 rings (SSSR count). The zero-order chi connectivity index (χ0) is 14.7. The minimum Gasteiger partial charge on any atom is -0.353 e. The molecule has 116 valence electrons. The van der Waals surface area contributed by atoms with Crippen molar-refractivity contribution in [3.05, 3.63) is 11.6 Å². The molecule has 1 heterocycles. The standard InChI is InChI=1S/C18H26O3/c1-17-8-12(11-21-16-5-3-4-6-20-16)14-10-18(14,2)15(17)7-13(19)9-17/h7,12,14,16H,3-6,8-11H2,1-2H3/t12?,14-,16?,17-,18-/m0/s1. The highest BCUT2D eigenvalue weighted by Crippen LogP contribution is 2.72. The second-order valence-electron chi connectivity index (χ2n) is 8.08. The highest BCUT2D eigenvalue weighted by atomic mass is 16.7. The lowest BCUT2D eigenvalue weighted by Gasteiger charge is -2.41. The van der Waals surface area contributed by atoms with Crippen LogP contribution in [0.3, 0.4) is 0 Å². The van der Waals surface area contributed by atoms with Gasteiger partial charge in [-0.25, -0.2) is 0 Å². The Morgan fingerprint density at radius 1 is 1.33 bits per heavy atom. The molecule has 0 aromatic rings. The van der Waals surface area contributed by atoms with Crippen molar-refractivity contribution < 1.29 is 14.3 Å². The summed E-state index contributed by atoms with van der Waals surface area (Å²) in [7, 11) is 0. The monoisotopic (exact) mass is 290 g/mol. The molecule has 3 nitrogen and oxygen atoms in total. The minimum atomic E-state index is 0.0127. The third-order valence-electron chi connectivity index (χ3n) is 6.35. The van der Waals surface area contributed by atoms with Gasteiger partial charge in [-0.1, -0.05) is 19.4 Å². The van der Waals surface area contributed by atoms with Crippen LogP contribution in [0, 0.1) is 22.7 Å². The van der Waals surface area contributed by atoms with Crippen molar-refractivity contribution >= 4 is 5.78 Å². The van der Waals surface area contributed by atoms with Gasteiger partial charge < -0.3 is 9.47 Å². The number of carbonyl (C=O) groups is 1. The van der Waals surface area contributed by atoms with Gasteiger partial charge in [0.15, 0.2) is 12.1 Å². The first kappa shape index (κ1) is 14.0. The molecule has 0 aromatic heterocycles. The average Bonchev–Trinajstić information content (AvgIpc) is 3.05. The van der Waals surface area contributed by atoms with Crippen molar-refractivity contribution in [2.45, 2.75) is 58.7 Å². The molecule has 0 aromatic carbocycles. The molecule has 0 spiro atoms. The van der Waals surface area contributed by atoms with Crippen LogP contribution < -0.4 is 0 Å². The van der Waals surface area contributed by atoms with Crippen molar-refractivity contribution in [1.82, 2.24) is 0 Å². The zero-order valence-electron chi connectivity index (χ0n) is 13.2. The second-order valence-corrected chi connectivity index (χ2v) is 8.08. The molecule has 2 saturated carbocycles. The molecule has 1 saturated heterocycles. The van der Waals surface area contributed by atoms with Crippen molar-refractivity contribution in [2.75, 3.05) is 13.2 Å². The summed E-state index contributed by atoms with van der Waals surface area (Å²) in [6.07, 6.45) is 8.45. The summed E-state index contributed by atoms with van der Waals surface area (Å²) in [5, 5.41) is 0. The van der Waals surface area contributed by atoms with Gasteiger partial charge in [-0.05, 0) is 60.8 Å². The summed E-state index contributed by atoms with van der Waals surface area (Å²) in [6, 6.07) is 0. The molecule has 4 aliphatic rings. The molecular formula is C18H26O3. The highest BCUT2D eigenvalue weighted by Gasteiger charge is 2.65. The summed E-state index contributed by atoms with van der Waals surface area (Å²) in [5.74, 6) is 1.64. The number of carbonyl (C=O) groups excluding carboxylic acids is 1. The SMILES string of the molecule is C[C@]12CC(=O)C=C1[C@@]1(C)C[C@H]1C(COC1CCCCO1)C2. The first-order chi connectivity index (χ1) is 10.0. The Bertz CT molecular complexity index is 491. The number of ether oxygens (including phenoxy) is 2. The van der Waals surface area contributed by atoms with Crippen molar-refractivity contribution in [3.63, 3.8) is 0 Å². The van der Waals surface area contributed by atoms with E-state index in [1.54, 1.807) is 0 Å². The summed E-state index contributed by atoms with van der Waals surface area (Å²) in [6.45, 7) is 6.29. The van der Waals surface area contributed by atoms with E-state index in [0.29, 0.717) is 24.0 Å². The topological polar surface area (TPSA) is 35.5 Å². The van der Waals surface area contributed by atoms with E-state index in [-0.39, 0.29) is 17.1 Å². The van der Waals surface area contributed by atoms with Gasteiger partial charge >= 0.3 is 0 Å². The number of allylic oxidation sites excluding steroid dienone is 2. The van der Waals surface area contributed by atoms with Crippen molar-refractivity contribution in [2.24, 2.45) is 22.7 Å². The van der Waals surface area contributed by atoms with Crippen LogP contribution in [0.25, 0.3) is 0 Å². The Morgan fingerprint density at radius 3 is 2.95 bits per heavy atom. The van der Waals surface area contributed by atoms with Crippen LogP contribution in [-0.4, -0.2) is 25.3 Å². The summed E-state index contributed by atoms with van der Waals surface area (Å²) < 4.78 is 11.7. The number of ketones is 1. The lowest BCUT2D eigenvalue weighted by Crippen LogP contribution is -2.35. The van der Waals surface area contributed by atoms with Crippen LogP contribution in [0.5, 0.6) is 0 Å². The fraction of sp³-hybridized carbons (Fsp3) is 0.833. The van der Waals surface area contributed by atoms with Crippen LogP contribution in [0.4, 0.5) is 0 Å². The maximum Gasteiger partial charge on any atom is 0.157 e. The first-order valence-corrected chi connectivity index (χ1v) is 8.50. The Labute approximate surface area is 127 Å². The third-order valence-corrected chi connectivity index (χ3v) is 6.35. The fourth-order valence-corrected chi connectivity index (χ4v) is 5.27. The minimum absolute atomic E-state index is 0.0127. The lowest BCUT2D eigenvalue weighted by atomic mass is 9.64. The maximum absolute atomic E-state index is 11.9. The van der Waals surface area contributed by atoms with E-state index < -0.39 is 0 Å². The average molecular weight is 290 g/mol. The van der Waals surface area contributed by atoms with Gasteiger partial charge in [0.05, 0.1) is 6.61 Å². The number of fused-ring (bicyclic) bond motifs is 3. The molecule has 5 atom stereocenters. The number of rotatable bonds is 3. The van der Waals surface area contributed by atoms with Crippen molar-refractivity contribution in [1.29, 1.82) is 0 Å². The van der Waals surface area contributed by atoms with Crippen LogP contribution >= 0.6 is 0 Å². The predicted octanol–water partition coefficient (Wildman–Crippen LogP) is 3.48. The second kappa shape index (κ2) is 4.66. The summed E-state index contributed by atoms with van der Waals surface area (Å²) >= 11 is 0. The van der Waals surface area contributed by atoms with E-state index in [9.17, 15) is 4.79 Å². The Morgan fingerprint density at radius 2 is 2.19 bits per heavy atom. The highest BCUT2D eigenvalue weighted by molar-refractivity contribution is 5.95. The fourth-order valence-electron chi connectivity index (χ4n) is 5.27. The van der Waals surface area contributed by atoms with Gasteiger partial charge in [-0.15, -0.1) is 0 Å². The van der Waals surface area contributed by atoms with Crippen molar-refractivity contribution in [3.8, 4) is 0 Å². The molecule has 0 bridgehead atoms. The van der Waals surface area contributed by atoms with Crippen LogP contribution in [0.2, 0.25) is 0 Å². The maximum atomic E-state index is 11.9. The molecule has 3 heteroatoms. The molecule has 3 aliphatic carbocycles. The van der Waals surface area contributed by atoms with E-state index in [0.717, 1.165) is 26.1 Å². The molecule has 2 unspecified atom stereocenters. The van der Waals surface area contributed by atoms with Gasteiger partial charge in [0.1, 0.15) is 0 Å². The molecule has 0 N–H and O–H groups in total. The van der Waals surface area contributed by atoms with Gasteiger partial charge in [-0.3, -0.25) is 4.79 Å². The largest absolute Gasteiger partial charge is 0.353 e. The van der Waals surface area contributed by atoms with E-state index in [4.69, 9.17) is 9.47 Å². The number of hydrogen-bond donors (Lipinski definition) is 0. The zero-order valence-corrected chi connectivity index (χ0v) is 13.2. The molecule has 21 heavy (non-hydrogen) atoms. The molecular weight excluding hydrogens is 264 g/mol. The first-order valence-electron chi connectivity index (χ1n) is 8.50. The smallest absolute Gasteiger partial charge is 0.157 e. The van der Waals surface area contributed by atoms with Gasteiger partial charge in [0.25, 0.3) is 0 Å². The Hall–Kier alpha value is -0.670. The van der Waals surface area contributed by atoms with E-state index in [1.807, 2.05) is 6.08 Å². The molecule has 1 aliphatic heterocycles. The van der Waals surface area contributed by atoms with Crippen LogP contribution in [-0.2, 0) is 14.3 Å². The third kappa shape index (κ3) is 2.20. The summed E-state index contributed by atoms with van der Waals surface area (Å²) in [5.41, 5.74) is 1.82. The summed E-state index contributed by atoms with van der Waals surface area (Å²) in [4.78, 5) is 11.9. The molecule has 0 amide bonds. The Balaban J connectivity index is 1.44. The number of hydrogen-bond acceptors (Lipinski definition) is 3.